The molecule has 1 atom stereocenters. The number of thioether (sulfide) groups is 1. The summed E-state index contributed by atoms with van der Waals surface area (Å²) in [5, 5.41) is 9.16. The van der Waals surface area contributed by atoms with Crippen molar-refractivity contribution in [2.24, 2.45) is 0 Å². The normalized spacial score (nSPS) is 13.6. The number of benzene rings is 1. The third-order valence-electron chi connectivity index (χ3n) is 2.57. The number of alkyl halides is 3. The van der Waals surface area contributed by atoms with Crippen LogP contribution in [0.3, 0.4) is 0 Å². The fourth-order valence-electron chi connectivity index (χ4n) is 1.57. The largest absolute Gasteiger partial charge is 0.398 e. The van der Waals surface area contributed by atoms with Crippen molar-refractivity contribution in [3.8, 4) is 0 Å². The average molecular weight is 296 g/mol. The van der Waals surface area contributed by atoms with Crippen molar-refractivity contribution in [2.45, 2.75) is 43.9 Å². The highest BCUT2D eigenvalue weighted by Gasteiger charge is 2.27. The summed E-state index contributed by atoms with van der Waals surface area (Å²) >= 11 is 0.657. The molecule has 1 aromatic rings. The van der Waals surface area contributed by atoms with E-state index in [1.54, 1.807) is 13.8 Å². The number of aliphatic hydroxyl groups is 1. The van der Waals surface area contributed by atoms with E-state index in [-0.39, 0.29) is 0 Å². The molecule has 0 heterocycles. The third-order valence-corrected chi connectivity index (χ3v) is 3.79. The van der Waals surface area contributed by atoms with Gasteiger partial charge in [0.2, 0.25) is 0 Å². The minimum atomic E-state index is -4.24. The standard InChI is InChI=1S/C13H16F4OS/c1-8-5-11(14)10(4-3-9(2)18)6-12(8)19-7-13(15,16)17/h5-6,9,18H,3-4,7H2,1-2H3. The molecule has 0 aromatic heterocycles. The average Bonchev–Trinajstić information content (AvgIpc) is 2.25. The van der Waals surface area contributed by atoms with Crippen molar-refractivity contribution in [2.75, 3.05) is 5.75 Å². The van der Waals surface area contributed by atoms with Gasteiger partial charge in [-0.15, -0.1) is 11.8 Å². The molecule has 0 amide bonds. The molecule has 0 radical (unpaired) electrons. The second kappa shape index (κ2) is 6.61. The van der Waals surface area contributed by atoms with Crippen LogP contribution in [0.15, 0.2) is 17.0 Å². The van der Waals surface area contributed by atoms with E-state index in [2.05, 4.69) is 0 Å². The number of hydrogen-bond acceptors (Lipinski definition) is 2. The number of aliphatic hydroxyl groups excluding tert-OH is 1. The zero-order chi connectivity index (χ0) is 14.6. The molecule has 0 aliphatic heterocycles. The van der Waals surface area contributed by atoms with Crippen LogP contribution in [-0.2, 0) is 6.42 Å². The molecule has 0 bridgehead atoms. The Labute approximate surface area is 114 Å². The Bertz CT molecular complexity index is 429. The number of rotatable bonds is 5. The lowest BCUT2D eigenvalue weighted by Crippen LogP contribution is -2.11. The maximum atomic E-state index is 13.6. The van der Waals surface area contributed by atoms with E-state index in [1.165, 1.54) is 12.1 Å². The van der Waals surface area contributed by atoms with Crippen LogP contribution < -0.4 is 0 Å². The lowest BCUT2D eigenvalue weighted by Gasteiger charge is -2.12. The van der Waals surface area contributed by atoms with E-state index >= 15 is 0 Å². The van der Waals surface area contributed by atoms with Gasteiger partial charge in [-0.05, 0) is 49.9 Å². The van der Waals surface area contributed by atoms with Gasteiger partial charge in [-0.2, -0.15) is 13.2 Å². The van der Waals surface area contributed by atoms with Gasteiger partial charge >= 0.3 is 6.18 Å². The molecule has 1 nitrogen and oxygen atoms in total. The van der Waals surface area contributed by atoms with Gasteiger partial charge in [0.25, 0.3) is 0 Å². The Morgan fingerprint density at radius 2 is 1.95 bits per heavy atom. The molecule has 19 heavy (non-hydrogen) atoms. The molecule has 0 aliphatic rings. The van der Waals surface area contributed by atoms with Crippen LogP contribution in [0.4, 0.5) is 17.6 Å². The van der Waals surface area contributed by atoms with Crippen LogP contribution in [0.25, 0.3) is 0 Å². The van der Waals surface area contributed by atoms with Crippen molar-refractivity contribution in [3.05, 3.63) is 29.1 Å². The Kier molecular flexibility index (Phi) is 5.67. The van der Waals surface area contributed by atoms with Crippen molar-refractivity contribution in [1.29, 1.82) is 0 Å². The molecule has 1 N–H and O–H groups in total. The fraction of sp³-hybridized carbons (Fsp3) is 0.538. The van der Waals surface area contributed by atoms with Gasteiger partial charge in [-0.25, -0.2) is 4.39 Å². The van der Waals surface area contributed by atoms with Crippen molar-refractivity contribution < 1.29 is 22.7 Å². The van der Waals surface area contributed by atoms with Crippen LogP contribution in [0.1, 0.15) is 24.5 Å². The van der Waals surface area contributed by atoms with Crippen molar-refractivity contribution in [3.63, 3.8) is 0 Å². The monoisotopic (exact) mass is 296 g/mol. The number of hydrogen-bond donors (Lipinski definition) is 1. The first-order valence-electron chi connectivity index (χ1n) is 5.85. The van der Waals surface area contributed by atoms with E-state index in [1.807, 2.05) is 0 Å². The van der Waals surface area contributed by atoms with Crippen molar-refractivity contribution in [1.82, 2.24) is 0 Å². The summed E-state index contributed by atoms with van der Waals surface area (Å²) in [7, 11) is 0. The summed E-state index contributed by atoms with van der Waals surface area (Å²) in [5.41, 5.74) is 0.837. The highest BCUT2D eigenvalue weighted by atomic mass is 32.2. The van der Waals surface area contributed by atoms with E-state index < -0.39 is 23.9 Å². The van der Waals surface area contributed by atoms with E-state index in [0.717, 1.165) is 0 Å². The van der Waals surface area contributed by atoms with Crippen LogP contribution in [0.2, 0.25) is 0 Å². The lowest BCUT2D eigenvalue weighted by molar-refractivity contribution is -0.105. The van der Waals surface area contributed by atoms with Gasteiger partial charge in [0.05, 0.1) is 11.9 Å². The van der Waals surface area contributed by atoms with Gasteiger partial charge in [-0.1, -0.05) is 0 Å². The molecular formula is C13H16F4OS. The summed E-state index contributed by atoms with van der Waals surface area (Å²) in [4.78, 5) is 0.430. The first kappa shape index (κ1) is 16.3. The zero-order valence-electron chi connectivity index (χ0n) is 10.7. The minimum Gasteiger partial charge on any atom is -0.393 e. The molecule has 1 aromatic carbocycles. The van der Waals surface area contributed by atoms with Gasteiger partial charge < -0.3 is 5.11 Å². The second-order valence-corrected chi connectivity index (χ2v) is 5.52. The predicted molar refractivity (Wildman–Crippen MR) is 67.9 cm³/mol. The first-order chi connectivity index (χ1) is 8.69. The van der Waals surface area contributed by atoms with E-state index in [4.69, 9.17) is 5.11 Å². The first-order valence-corrected chi connectivity index (χ1v) is 6.84. The number of halogens is 4. The molecule has 1 rings (SSSR count). The van der Waals surface area contributed by atoms with Gasteiger partial charge in [0, 0.05) is 4.90 Å². The summed E-state index contributed by atoms with van der Waals surface area (Å²) in [6.07, 6.45) is -4.12. The minimum absolute atomic E-state index is 0.309. The summed E-state index contributed by atoms with van der Waals surface area (Å²) in [6.45, 7) is 3.17. The summed E-state index contributed by atoms with van der Waals surface area (Å²) in [5.74, 6) is -1.43. The van der Waals surface area contributed by atoms with Crippen LogP contribution >= 0.6 is 11.8 Å². The maximum Gasteiger partial charge on any atom is 0.398 e. The molecule has 0 spiro atoms. The smallest absolute Gasteiger partial charge is 0.393 e. The molecule has 6 heteroatoms. The molecular weight excluding hydrogens is 280 g/mol. The fourth-order valence-corrected chi connectivity index (χ4v) is 2.40. The van der Waals surface area contributed by atoms with Gasteiger partial charge in [0.1, 0.15) is 5.82 Å². The second-order valence-electron chi connectivity index (χ2n) is 4.50. The molecule has 0 saturated heterocycles. The van der Waals surface area contributed by atoms with Crippen molar-refractivity contribution >= 4 is 11.8 Å². The number of aryl methyl sites for hydroxylation is 2. The lowest BCUT2D eigenvalue weighted by atomic mass is 10.1. The Balaban J connectivity index is 2.83. The van der Waals surface area contributed by atoms with E-state index in [9.17, 15) is 17.6 Å². The highest BCUT2D eigenvalue weighted by Crippen LogP contribution is 2.31. The van der Waals surface area contributed by atoms with Crippen LogP contribution in [-0.4, -0.2) is 23.1 Å². The van der Waals surface area contributed by atoms with Gasteiger partial charge in [-0.3, -0.25) is 0 Å². The maximum absolute atomic E-state index is 13.6. The predicted octanol–water partition coefficient (Wildman–Crippen LogP) is 4.10. The topological polar surface area (TPSA) is 20.2 Å². The molecule has 0 fully saturated rings. The SMILES string of the molecule is Cc1cc(F)c(CCC(C)O)cc1SCC(F)(F)F. The molecule has 0 aliphatic carbocycles. The van der Waals surface area contributed by atoms with E-state index in [0.29, 0.717) is 40.6 Å². The Morgan fingerprint density at radius 3 is 2.47 bits per heavy atom. The Morgan fingerprint density at radius 1 is 1.32 bits per heavy atom. The zero-order valence-corrected chi connectivity index (χ0v) is 11.5. The molecule has 108 valence electrons. The quantitative estimate of drug-likeness (QED) is 0.652. The Hall–Kier alpha value is -0.750. The van der Waals surface area contributed by atoms with Crippen LogP contribution in [0, 0.1) is 12.7 Å². The third kappa shape index (κ3) is 5.82. The molecule has 0 saturated carbocycles. The summed E-state index contributed by atoms with van der Waals surface area (Å²) in [6, 6.07) is 2.69. The molecule has 1 unspecified atom stereocenters. The van der Waals surface area contributed by atoms with Crippen LogP contribution in [0.5, 0.6) is 0 Å². The highest BCUT2D eigenvalue weighted by molar-refractivity contribution is 7.99. The van der Waals surface area contributed by atoms with Gasteiger partial charge in [0.15, 0.2) is 0 Å². The summed E-state index contributed by atoms with van der Waals surface area (Å²) < 4.78 is 50.2.